The van der Waals surface area contributed by atoms with Crippen molar-refractivity contribution in [3.05, 3.63) is 50.5 Å². The van der Waals surface area contributed by atoms with Crippen molar-refractivity contribution in [1.82, 2.24) is 9.55 Å². The van der Waals surface area contributed by atoms with Crippen LogP contribution >= 0.6 is 12.2 Å². The molecule has 0 atom stereocenters. The van der Waals surface area contributed by atoms with Crippen LogP contribution in [0.15, 0.2) is 34.1 Å². The minimum absolute atomic E-state index is 0.146. The van der Waals surface area contributed by atoms with Gasteiger partial charge in [0.1, 0.15) is 5.56 Å². The van der Waals surface area contributed by atoms with Gasteiger partial charge in [0.05, 0.1) is 18.8 Å². The van der Waals surface area contributed by atoms with Gasteiger partial charge >= 0.3 is 0 Å². The summed E-state index contributed by atoms with van der Waals surface area (Å²) in [4.78, 5) is 19.0. The van der Waals surface area contributed by atoms with E-state index in [0.717, 1.165) is 16.8 Å². The molecule has 0 fully saturated rings. The fraction of sp³-hybridized carbons (Fsp3) is 0.188. The Morgan fingerprint density at radius 3 is 3.00 bits per heavy atom. The Morgan fingerprint density at radius 2 is 2.22 bits per heavy atom. The lowest BCUT2D eigenvalue weighted by Gasteiger charge is -2.11. The Kier molecular flexibility index (Phi) is 4.22. The monoisotopic (exact) mass is 329 g/mol. The smallest absolute Gasteiger partial charge is 0.262 e. The number of para-hydroxylation sites is 1. The van der Waals surface area contributed by atoms with Gasteiger partial charge in [0.2, 0.25) is 5.88 Å². The summed E-state index contributed by atoms with van der Waals surface area (Å²) in [5.41, 5.74) is 2.22. The molecular weight excluding hydrogens is 314 g/mol. The SMILES string of the molecule is COCCn1c(O)c(/C=C2/C=Nc3ccccc32)c(=O)[nH]c1=S. The quantitative estimate of drug-likeness (QED) is 0.845. The summed E-state index contributed by atoms with van der Waals surface area (Å²) in [5.74, 6) is -0.180. The van der Waals surface area contributed by atoms with Gasteiger partial charge in [-0.05, 0) is 24.4 Å². The largest absolute Gasteiger partial charge is 0.494 e. The molecule has 0 amide bonds. The summed E-state index contributed by atoms with van der Waals surface area (Å²) >= 11 is 5.09. The lowest BCUT2D eigenvalue weighted by atomic mass is 10.1. The predicted molar refractivity (Wildman–Crippen MR) is 91.9 cm³/mol. The zero-order chi connectivity index (χ0) is 16.4. The van der Waals surface area contributed by atoms with Crippen molar-refractivity contribution < 1.29 is 9.84 Å². The zero-order valence-corrected chi connectivity index (χ0v) is 13.3. The van der Waals surface area contributed by atoms with Crippen molar-refractivity contribution in [2.75, 3.05) is 13.7 Å². The number of H-pyrrole nitrogens is 1. The average Bonchev–Trinajstić information content (AvgIpc) is 2.94. The van der Waals surface area contributed by atoms with Crippen LogP contribution in [-0.2, 0) is 11.3 Å². The molecule has 3 rings (SSSR count). The molecule has 6 nitrogen and oxygen atoms in total. The second kappa shape index (κ2) is 6.31. The van der Waals surface area contributed by atoms with Crippen LogP contribution in [0.3, 0.4) is 0 Å². The van der Waals surface area contributed by atoms with Crippen molar-refractivity contribution in [3.8, 4) is 5.88 Å². The molecule has 23 heavy (non-hydrogen) atoms. The fourth-order valence-corrected chi connectivity index (χ4v) is 2.68. The van der Waals surface area contributed by atoms with Crippen molar-refractivity contribution >= 4 is 35.8 Å². The highest BCUT2D eigenvalue weighted by Crippen LogP contribution is 2.32. The van der Waals surface area contributed by atoms with Crippen LogP contribution in [0, 0.1) is 4.77 Å². The molecule has 0 bridgehead atoms. The molecule has 1 aliphatic rings. The van der Waals surface area contributed by atoms with Gasteiger partial charge in [-0.3, -0.25) is 19.3 Å². The number of methoxy groups -OCH3 is 1. The van der Waals surface area contributed by atoms with Gasteiger partial charge in [0.15, 0.2) is 4.77 Å². The van der Waals surface area contributed by atoms with Gasteiger partial charge in [-0.25, -0.2) is 0 Å². The molecule has 2 aromatic rings. The molecule has 0 radical (unpaired) electrons. The van der Waals surface area contributed by atoms with E-state index in [1.165, 1.54) is 4.57 Å². The van der Waals surface area contributed by atoms with E-state index in [9.17, 15) is 9.90 Å². The van der Waals surface area contributed by atoms with Crippen LogP contribution in [0.2, 0.25) is 0 Å². The van der Waals surface area contributed by atoms with E-state index in [4.69, 9.17) is 17.0 Å². The summed E-state index contributed by atoms with van der Waals surface area (Å²) in [6, 6.07) is 7.60. The first kappa shape index (κ1) is 15.4. The third-order valence-electron chi connectivity index (χ3n) is 3.58. The number of aliphatic imine (C=N–C) groups is 1. The molecule has 1 aliphatic heterocycles. The van der Waals surface area contributed by atoms with Gasteiger partial charge in [0.25, 0.3) is 5.56 Å². The maximum atomic E-state index is 12.2. The molecule has 7 heteroatoms. The van der Waals surface area contributed by atoms with E-state index in [0.29, 0.717) is 13.2 Å². The highest BCUT2D eigenvalue weighted by molar-refractivity contribution is 7.71. The maximum Gasteiger partial charge on any atom is 0.262 e. The van der Waals surface area contributed by atoms with E-state index in [2.05, 4.69) is 9.98 Å². The minimum Gasteiger partial charge on any atom is -0.494 e. The highest BCUT2D eigenvalue weighted by atomic mass is 32.1. The van der Waals surface area contributed by atoms with Crippen LogP contribution in [0.5, 0.6) is 5.88 Å². The fourth-order valence-electron chi connectivity index (χ4n) is 2.40. The Balaban J connectivity index is 2.11. The Bertz CT molecular complexity index is 925. The number of nitrogens with zero attached hydrogens (tertiary/aromatic N) is 2. The molecule has 2 N–H and O–H groups in total. The van der Waals surface area contributed by atoms with Crippen molar-refractivity contribution in [2.24, 2.45) is 4.99 Å². The number of fused-ring (bicyclic) bond motifs is 1. The van der Waals surface area contributed by atoms with E-state index in [1.54, 1.807) is 19.4 Å². The number of hydrogen-bond donors (Lipinski definition) is 2. The molecule has 0 saturated carbocycles. The number of benzene rings is 1. The van der Waals surface area contributed by atoms with E-state index in [1.807, 2.05) is 24.3 Å². The summed E-state index contributed by atoms with van der Waals surface area (Å²) in [6.07, 6.45) is 3.28. The molecule has 1 aromatic carbocycles. The lowest BCUT2D eigenvalue weighted by Crippen LogP contribution is -2.18. The number of rotatable bonds is 4. The minimum atomic E-state index is -0.438. The first-order chi connectivity index (χ1) is 11.1. The third kappa shape index (κ3) is 2.88. The normalized spacial score (nSPS) is 14.4. The molecule has 118 valence electrons. The molecule has 0 unspecified atom stereocenters. The summed E-state index contributed by atoms with van der Waals surface area (Å²) in [7, 11) is 1.56. The van der Waals surface area contributed by atoms with Gasteiger partial charge in [0, 0.05) is 24.5 Å². The molecule has 0 aliphatic carbocycles. The van der Waals surface area contributed by atoms with Crippen LogP contribution in [0.25, 0.3) is 11.6 Å². The second-order valence-electron chi connectivity index (χ2n) is 5.02. The topological polar surface area (TPSA) is 79.6 Å². The van der Waals surface area contributed by atoms with Gasteiger partial charge in [-0.2, -0.15) is 0 Å². The Labute approximate surface area is 137 Å². The molecule has 2 heterocycles. The number of aromatic hydroxyl groups is 1. The van der Waals surface area contributed by atoms with E-state index in [-0.39, 0.29) is 16.2 Å². The van der Waals surface area contributed by atoms with Crippen LogP contribution < -0.4 is 5.56 Å². The van der Waals surface area contributed by atoms with Crippen LogP contribution in [0.1, 0.15) is 11.1 Å². The number of aromatic amines is 1. The first-order valence-electron chi connectivity index (χ1n) is 7.02. The van der Waals surface area contributed by atoms with E-state index < -0.39 is 5.56 Å². The van der Waals surface area contributed by atoms with E-state index >= 15 is 0 Å². The average molecular weight is 329 g/mol. The number of hydrogen-bond acceptors (Lipinski definition) is 5. The van der Waals surface area contributed by atoms with Crippen LogP contribution in [0.4, 0.5) is 5.69 Å². The van der Waals surface area contributed by atoms with Crippen molar-refractivity contribution in [3.63, 3.8) is 0 Å². The standard InChI is InChI=1S/C16H15N3O3S/c1-22-7-6-19-15(21)12(14(20)18-16(19)23)8-10-9-17-13-5-3-2-4-11(10)13/h2-5,8-9,21H,6-7H2,1H3,(H,18,20,23)/b10-8-. The maximum absolute atomic E-state index is 12.2. The summed E-state index contributed by atoms with van der Waals surface area (Å²) in [6.45, 7) is 0.715. The predicted octanol–water partition coefficient (Wildman–Crippen LogP) is 2.51. The molecule has 0 spiro atoms. The third-order valence-corrected chi connectivity index (χ3v) is 3.91. The molecule has 1 aromatic heterocycles. The number of allylic oxidation sites excluding steroid dienone is 1. The van der Waals surface area contributed by atoms with Crippen molar-refractivity contribution in [2.45, 2.75) is 6.54 Å². The first-order valence-corrected chi connectivity index (χ1v) is 7.43. The lowest BCUT2D eigenvalue weighted by molar-refractivity contribution is 0.182. The van der Waals surface area contributed by atoms with Gasteiger partial charge < -0.3 is 9.84 Å². The van der Waals surface area contributed by atoms with Gasteiger partial charge in [-0.1, -0.05) is 18.2 Å². The highest BCUT2D eigenvalue weighted by Gasteiger charge is 2.15. The van der Waals surface area contributed by atoms with Gasteiger partial charge in [-0.15, -0.1) is 0 Å². The number of aromatic nitrogens is 2. The Hall–Kier alpha value is -2.51. The number of nitrogens with one attached hydrogen (secondary N) is 1. The van der Waals surface area contributed by atoms with Crippen LogP contribution in [-0.4, -0.2) is 34.6 Å². The van der Waals surface area contributed by atoms with Crippen molar-refractivity contribution in [1.29, 1.82) is 0 Å². The second-order valence-corrected chi connectivity index (χ2v) is 5.40. The zero-order valence-electron chi connectivity index (χ0n) is 12.4. The number of ether oxygens (including phenoxy) is 1. The molecular formula is C16H15N3O3S. The molecule has 0 saturated heterocycles. The Morgan fingerprint density at radius 1 is 1.43 bits per heavy atom. The summed E-state index contributed by atoms with van der Waals surface area (Å²) < 4.78 is 6.59. The summed E-state index contributed by atoms with van der Waals surface area (Å²) in [5, 5.41) is 10.4.